The lowest BCUT2D eigenvalue weighted by Gasteiger charge is -2.26. The molecule has 2 amide bonds. The number of hydrogen-bond acceptors (Lipinski definition) is 2. The number of para-hydroxylation sites is 1. The molecule has 0 spiro atoms. The third-order valence-electron chi connectivity index (χ3n) is 4.52. The van der Waals surface area contributed by atoms with Gasteiger partial charge in [-0.05, 0) is 37.0 Å². The number of anilines is 1. The zero-order chi connectivity index (χ0) is 20.2. The Morgan fingerprint density at radius 1 is 0.889 bits per heavy atom. The molecule has 0 unspecified atom stereocenters. The molecular formula is C22H27FN2O2. The van der Waals surface area contributed by atoms with Crippen molar-refractivity contribution in [2.24, 2.45) is 5.41 Å². The minimum absolute atomic E-state index is 0.0286. The molecule has 27 heavy (non-hydrogen) atoms. The van der Waals surface area contributed by atoms with Crippen LogP contribution in [0.25, 0.3) is 0 Å². The van der Waals surface area contributed by atoms with E-state index in [1.807, 2.05) is 24.3 Å². The van der Waals surface area contributed by atoms with Crippen LogP contribution in [0.5, 0.6) is 0 Å². The van der Waals surface area contributed by atoms with E-state index in [9.17, 15) is 14.0 Å². The van der Waals surface area contributed by atoms with Gasteiger partial charge in [0, 0.05) is 17.8 Å². The number of carbonyl (C=O) groups is 2. The molecule has 2 rings (SSSR count). The molecule has 0 aliphatic heterocycles. The summed E-state index contributed by atoms with van der Waals surface area (Å²) in [5, 5.41) is 5.53. The molecule has 0 atom stereocenters. The van der Waals surface area contributed by atoms with Gasteiger partial charge in [0.15, 0.2) is 0 Å². The first kappa shape index (κ1) is 20.6. The molecule has 0 heterocycles. The van der Waals surface area contributed by atoms with Gasteiger partial charge in [-0.3, -0.25) is 9.59 Å². The van der Waals surface area contributed by atoms with Crippen LogP contribution in [0.3, 0.4) is 0 Å². The van der Waals surface area contributed by atoms with Gasteiger partial charge in [0.1, 0.15) is 11.2 Å². The lowest BCUT2D eigenvalue weighted by molar-refractivity contribution is -0.138. The standard InChI is InChI=1S/C22H27FN2O2/c1-21(2,3)16-11-7-9-13-18(16)25-20(27)22(4,5)19(26)24-14-15-10-6-8-12-17(15)23/h6-13H,14H2,1-5H3,(H,24,26)(H,25,27). The van der Waals surface area contributed by atoms with Gasteiger partial charge in [-0.25, -0.2) is 4.39 Å². The van der Waals surface area contributed by atoms with E-state index in [4.69, 9.17) is 0 Å². The fourth-order valence-corrected chi connectivity index (χ4v) is 2.67. The summed E-state index contributed by atoms with van der Waals surface area (Å²) in [6, 6.07) is 13.8. The second-order valence-electron chi connectivity index (χ2n) is 8.15. The van der Waals surface area contributed by atoms with Gasteiger partial charge in [-0.15, -0.1) is 0 Å². The van der Waals surface area contributed by atoms with Crippen molar-refractivity contribution in [2.75, 3.05) is 5.32 Å². The Balaban J connectivity index is 2.11. The molecule has 0 aliphatic carbocycles. The highest BCUT2D eigenvalue weighted by molar-refractivity contribution is 6.10. The van der Waals surface area contributed by atoms with E-state index in [0.717, 1.165) is 5.56 Å². The lowest BCUT2D eigenvalue weighted by atomic mass is 9.85. The number of rotatable bonds is 5. The second kappa shape index (κ2) is 7.91. The third kappa shape index (κ3) is 4.94. The summed E-state index contributed by atoms with van der Waals surface area (Å²) >= 11 is 0. The number of benzene rings is 2. The van der Waals surface area contributed by atoms with E-state index < -0.39 is 17.2 Å². The summed E-state index contributed by atoms with van der Waals surface area (Å²) < 4.78 is 13.7. The first-order valence-electron chi connectivity index (χ1n) is 8.96. The molecule has 5 heteroatoms. The zero-order valence-corrected chi connectivity index (χ0v) is 16.5. The molecule has 4 nitrogen and oxygen atoms in total. The van der Waals surface area contributed by atoms with E-state index in [1.165, 1.54) is 6.07 Å². The number of hydrogen-bond donors (Lipinski definition) is 2. The normalized spacial score (nSPS) is 11.8. The van der Waals surface area contributed by atoms with Gasteiger partial charge in [0.2, 0.25) is 11.8 Å². The molecule has 0 saturated heterocycles. The van der Waals surface area contributed by atoms with Crippen molar-refractivity contribution in [3.8, 4) is 0 Å². The molecule has 0 bridgehead atoms. The number of nitrogens with one attached hydrogen (secondary N) is 2. The van der Waals surface area contributed by atoms with Crippen molar-refractivity contribution in [1.29, 1.82) is 0 Å². The van der Waals surface area contributed by atoms with Crippen molar-refractivity contribution in [1.82, 2.24) is 5.32 Å². The topological polar surface area (TPSA) is 58.2 Å². The van der Waals surface area contributed by atoms with Crippen molar-refractivity contribution in [2.45, 2.75) is 46.6 Å². The highest BCUT2D eigenvalue weighted by Crippen LogP contribution is 2.30. The van der Waals surface area contributed by atoms with Gasteiger partial charge in [-0.1, -0.05) is 57.2 Å². The molecule has 0 fully saturated rings. The number of amides is 2. The molecule has 0 radical (unpaired) electrons. The Bertz CT molecular complexity index is 838. The minimum atomic E-state index is -1.31. The van der Waals surface area contributed by atoms with Gasteiger partial charge in [0.25, 0.3) is 0 Å². The fourth-order valence-electron chi connectivity index (χ4n) is 2.67. The van der Waals surface area contributed by atoms with Crippen LogP contribution >= 0.6 is 0 Å². The SMILES string of the molecule is CC(C)(C(=O)NCc1ccccc1F)C(=O)Nc1ccccc1C(C)(C)C. The molecule has 144 valence electrons. The first-order valence-corrected chi connectivity index (χ1v) is 8.96. The average molecular weight is 370 g/mol. The van der Waals surface area contributed by atoms with Crippen LogP contribution in [-0.2, 0) is 21.5 Å². The average Bonchev–Trinajstić information content (AvgIpc) is 2.60. The van der Waals surface area contributed by atoms with Gasteiger partial charge in [-0.2, -0.15) is 0 Å². The van der Waals surface area contributed by atoms with Crippen LogP contribution in [-0.4, -0.2) is 11.8 Å². The maximum absolute atomic E-state index is 13.7. The predicted molar refractivity (Wildman–Crippen MR) is 106 cm³/mol. The molecule has 0 saturated carbocycles. The second-order valence-corrected chi connectivity index (χ2v) is 8.15. The van der Waals surface area contributed by atoms with Crippen LogP contribution in [0.2, 0.25) is 0 Å². The summed E-state index contributed by atoms with van der Waals surface area (Å²) in [6.45, 7) is 9.32. The van der Waals surface area contributed by atoms with Gasteiger partial charge in [0.05, 0.1) is 0 Å². The van der Waals surface area contributed by atoms with Crippen LogP contribution in [0.15, 0.2) is 48.5 Å². The molecule has 2 aromatic carbocycles. The number of halogens is 1. The lowest BCUT2D eigenvalue weighted by Crippen LogP contribution is -2.45. The highest BCUT2D eigenvalue weighted by Gasteiger charge is 2.36. The largest absolute Gasteiger partial charge is 0.351 e. The maximum Gasteiger partial charge on any atom is 0.239 e. The monoisotopic (exact) mass is 370 g/mol. The van der Waals surface area contributed by atoms with E-state index in [1.54, 1.807) is 32.0 Å². The Hall–Kier alpha value is -2.69. The Kier molecular flexibility index (Phi) is 6.04. The number of carbonyl (C=O) groups excluding carboxylic acids is 2. The van der Waals surface area contributed by atoms with E-state index >= 15 is 0 Å². The van der Waals surface area contributed by atoms with Crippen LogP contribution < -0.4 is 10.6 Å². The Morgan fingerprint density at radius 2 is 1.48 bits per heavy atom. The summed E-state index contributed by atoms with van der Waals surface area (Å²) in [5.74, 6) is -1.26. The van der Waals surface area contributed by atoms with Gasteiger partial charge < -0.3 is 10.6 Å². The summed E-state index contributed by atoms with van der Waals surface area (Å²) in [5.41, 5.74) is 0.586. The maximum atomic E-state index is 13.7. The summed E-state index contributed by atoms with van der Waals surface area (Å²) in [6.07, 6.45) is 0. The van der Waals surface area contributed by atoms with Crippen LogP contribution in [0.1, 0.15) is 45.7 Å². The van der Waals surface area contributed by atoms with Crippen molar-refractivity contribution >= 4 is 17.5 Å². The predicted octanol–water partition coefficient (Wildman–Crippen LogP) is 4.40. The van der Waals surface area contributed by atoms with E-state index in [2.05, 4.69) is 31.4 Å². The highest BCUT2D eigenvalue weighted by atomic mass is 19.1. The van der Waals surface area contributed by atoms with Crippen molar-refractivity contribution < 1.29 is 14.0 Å². The molecule has 0 aromatic heterocycles. The van der Waals surface area contributed by atoms with E-state index in [0.29, 0.717) is 11.3 Å². The summed E-state index contributed by atoms with van der Waals surface area (Å²) in [4.78, 5) is 25.4. The van der Waals surface area contributed by atoms with Crippen molar-refractivity contribution in [3.63, 3.8) is 0 Å². The Morgan fingerprint density at radius 3 is 2.11 bits per heavy atom. The fraction of sp³-hybridized carbons (Fsp3) is 0.364. The quantitative estimate of drug-likeness (QED) is 0.766. The molecule has 2 N–H and O–H groups in total. The van der Waals surface area contributed by atoms with Crippen LogP contribution in [0.4, 0.5) is 10.1 Å². The van der Waals surface area contributed by atoms with Crippen LogP contribution in [0, 0.1) is 11.2 Å². The molecular weight excluding hydrogens is 343 g/mol. The van der Waals surface area contributed by atoms with Gasteiger partial charge >= 0.3 is 0 Å². The smallest absolute Gasteiger partial charge is 0.239 e. The van der Waals surface area contributed by atoms with E-state index in [-0.39, 0.29) is 17.8 Å². The molecule has 2 aromatic rings. The minimum Gasteiger partial charge on any atom is -0.351 e. The molecule has 0 aliphatic rings. The Labute approximate surface area is 160 Å². The first-order chi connectivity index (χ1) is 12.5. The van der Waals surface area contributed by atoms with Crippen molar-refractivity contribution in [3.05, 3.63) is 65.5 Å². The zero-order valence-electron chi connectivity index (χ0n) is 16.5. The third-order valence-corrected chi connectivity index (χ3v) is 4.52. The summed E-state index contributed by atoms with van der Waals surface area (Å²) in [7, 11) is 0.